The summed E-state index contributed by atoms with van der Waals surface area (Å²) in [4.78, 5) is 20.8. The number of piperidine rings is 1. The van der Waals surface area contributed by atoms with E-state index in [1.165, 1.54) is 11.3 Å². The first kappa shape index (κ1) is 25.0. The molecule has 7 heteroatoms. The molecule has 31 heavy (non-hydrogen) atoms. The summed E-state index contributed by atoms with van der Waals surface area (Å²) in [6.45, 7) is 4.88. The van der Waals surface area contributed by atoms with Gasteiger partial charge in [-0.05, 0) is 37.5 Å². The van der Waals surface area contributed by atoms with Crippen LogP contribution in [-0.4, -0.2) is 56.5 Å². The van der Waals surface area contributed by atoms with E-state index >= 15 is 0 Å². The molecule has 0 spiro atoms. The summed E-state index contributed by atoms with van der Waals surface area (Å²) in [5, 5.41) is 6.77. The zero-order chi connectivity index (χ0) is 21.3. The monoisotopic (exact) mass is 535 g/mol. The first-order chi connectivity index (χ1) is 14.5. The van der Waals surface area contributed by atoms with Crippen LogP contribution in [0.25, 0.3) is 0 Å². The molecule has 1 atom stereocenters. The van der Waals surface area contributed by atoms with Gasteiger partial charge in [0.2, 0.25) is 5.91 Å². The number of aliphatic imine (C=N–C) groups is 1. The van der Waals surface area contributed by atoms with Gasteiger partial charge in [0.1, 0.15) is 0 Å². The van der Waals surface area contributed by atoms with Crippen molar-refractivity contribution in [2.75, 3.05) is 38.6 Å². The quantitative estimate of drug-likeness (QED) is 0.338. The molecule has 0 aliphatic carbocycles. The summed E-state index contributed by atoms with van der Waals surface area (Å²) in [5.74, 6) is 0.707. The van der Waals surface area contributed by atoms with Gasteiger partial charge in [-0.1, -0.05) is 48.0 Å². The average molecular weight is 535 g/mol. The van der Waals surface area contributed by atoms with E-state index in [1.807, 2.05) is 18.2 Å². The van der Waals surface area contributed by atoms with Crippen molar-refractivity contribution in [3.05, 3.63) is 65.7 Å². The molecule has 168 valence electrons. The van der Waals surface area contributed by atoms with Gasteiger partial charge in [-0.25, -0.2) is 4.99 Å². The lowest BCUT2D eigenvalue weighted by molar-refractivity contribution is -0.127. The molecule has 0 saturated carbocycles. The Morgan fingerprint density at radius 3 is 2.52 bits per heavy atom. The summed E-state index contributed by atoms with van der Waals surface area (Å²) in [6.07, 6.45) is 2.20. The van der Waals surface area contributed by atoms with E-state index in [9.17, 15) is 4.79 Å². The molecular formula is C24H34IN5O. The molecule has 0 aromatic heterocycles. The molecule has 1 aliphatic heterocycles. The lowest BCUT2D eigenvalue weighted by atomic mass is 10.0. The zero-order valence-electron chi connectivity index (χ0n) is 18.7. The van der Waals surface area contributed by atoms with Crippen LogP contribution >= 0.6 is 24.0 Å². The van der Waals surface area contributed by atoms with Crippen molar-refractivity contribution in [1.82, 2.24) is 15.5 Å². The fraction of sp³-hybridized carbons (Fsp3) is 0.417. The van der Waals surface area contributed by atoms with Crippen molar-refractivity contribution in [2.45, 2.75) is 32.4 Å². The highest BCUT2D eigenvalue weighted by atomic mass is 127. The molecule has 1 heterocycles. The number of amides is 1. The second kappa shape index (κ2) is 12.5. The first-order valence-corrected chi connectivity index (χ1v) is 10.6. The van der Waals surface area contributed by atoms with E-state index in [0.717, 1.165) is 31.5 Å². The molecule has 2 aromatic carbocycles. The summed E-state index contributed by atoms with van der Waals surface area (Å²) in [7, 11) is 3.53. The molecule has 2 N–H and O–H groups in total. The van der Waals surface area contributed by atoms with Gasteiger partial charge in [-0.15, -0.1) is 24.0 Å². The second-order valence-electron chi connectivity index (χ2n) is 8.06. The number of halogens is 1. The van der Waals surface area contributed by atoms with Gasteiger partial charge in [0.25, 0.3) is 0 Å². The zero-order valence-corrected chi connectivity index (χ0v) is 21.0. The maximum absolute atomic E-state index is 12.1. The van der Waals surface area contributed by atoms with Crippen molar-refractivity contribution in [3.63, 3.8) is 0 Å². The van der Waals surface area contributed by atoms with Gasteiger partial charge < -0.3 is 20.4 Å². The van der Waals surface area contributed by atoms with Gasteiger partial charge >= 0.3 is 0 Å². The molecule has 1 amide bonds. The number of likely N-dealkylation sites (N-methyl/N-ethyl adjacent to an activating group) is 1. The third kappa shape index (κ3) is 8.05. The minimum atomic E-state index is 0. The van der Waals surface area contributed by atoms with Crippen molar-refractivity contribution in [2.24, 2.45) is 4.99 Å². The Kier molecular flexibility index (Phi) is 10.1. The molecule has 1 fully saturated rings. The number of anilines is 1. The smallest absolute Gasteiger partial charge is 0.241 e. The normalized spacial score (nSPS) is 16.3. The van der Waals surface area contributed by atoms with Crippen LogP contribution in [-0.2, 0) is 11.3 Å². The van der Waals surface area contributed by atoms with Crippen LogP contribution in [0, 0.1) is 6.92 Å². The summed E-state index contributed by atoms with van der Waals surface area (Å²) in [6, 6.07) is 19.1. The third-order valence-electron chi connectivity index (χ3n) is 5.33. The van der Waals surface area contributed by atoms with Crippen LogP contribution < -0.4 is 15.5 Å². The number of aryl methyl sites for hydroxylation is 1. The first-order valence-electron chi connectivity index (χ1n) is 10.6. The predicted molar refractivity (Wildman–Crippen MR) is 139 cm³/mol. The fourth-order valence-corrected chi connectivity index (χ4v) is 3.50. The van der Waals surface area contributed by atoms with E-state index < -0.39 is 0 Å². The summed E-state index contributed by atoms with van der Waals surface area (Å²) < 4.78 is 0. The Balaban J connectivity index is 0.00000341. The van der Waals surface area contributed by atoms with Crippen LogP contribution in [0.4, 0.5) is 5.69 Å². The van der Waals surface area contributed by atoms with E-state index in [-0.39, 0.29) is 42.5 Å². The Morgan fingerprint density at radius 1 is 1.13 bits per heavy atom. The molecular weight excluding hydrogens is 501 g/mol. The van der Waals surface area contributed by atoms with Gasteiger partial charge in [0.15, 0.2) is 5.96 Å². The van der Waals surface area contributed by atoms with Gasteiger partial charge in [0, 0.05) is 38.9 Å². The lowest BCUT2D eigenvalue weighted by Gasteiger charge is -2.35. The molecule has 6 nitrogen and oxygen atoms in total. The third-order valence-corrected chi connectivity index (χ3v) is 5.33. The van der Waals surface area contributed by atoms with Crippen LogP contribution in [0.3, 0.4) is 0 Å². The van der Waals surface area contributed by atoms with E-state index in [4.69, 9.17) is 4.99 Å². The minimum Gasteiger partial charge on any atom is -0.369 e. The maximum atomic E-state index is 12.1. The number of hydrogen-bond acceptors (Lipinski definition) is 3. The standard InChI is InChI=1S/C24H33N5O.HI/c1-19-11-13-22(14-12-19)29-15-7-10-21(18-29)27-24(26-17-23(30)28(2)3)25-16-20-8-5-4-6-9-20;/h4-6,8-9,11-14,21H,7,10,15-18H2,1-3H3,(H2,25,26,27);1H. The van der Waals surface area contributed by atoms with Crippen molar-refractivity contribution in [3.8, 4) is 0 Å². The highest BCUT2D eigenvalue weighted by molar-refractivity contribution is 14.0. The molecule has 2 aromatic rings. The van der Waals surface area contributed by atoms with E-state index in [2.05, 4.69) is 58.9 Å². The van der Waals surface area contributed by atoms with Gasteiger partial charge in [-0.3, -0.25) is 4.79 Å². The Hall–Kier alpha value is -2.29. The van der Waals surface area contributed by atoms with Gasteiger partial charge in [0.05, 0.1) is 13.1 Å². The van der Waals surface area contributed by atoms with E-state index in [1.54, 1.807) is 19.0 Å². The molecule has 0 bridgehead atoms. The molecule has 0 radical (unpaired) electrons. The number of rotatable bonds is 6. The van der Waals surface area contributed by atoms with Crippen LogP contribution in [0.15, 0.2) is 59.6 Å². The fourth-order valence-electron chi connectivity index (χ4n) is 3.50. The van der Waals surface area contributed by atoms with E-state index in [0.29, 0.717) is 12.5 Å². The number of nitrogens with zero attached hydrogens (tertiary/aromatic N) is 3. The van der Waals surface area contributed by atoms with Crippen LogP contribution in [0.5, 0.6) is 0 Å². The molecule has 1 aliphatic rings. The average Bonchev–Trinajstić information content (AvgIpc) is 2.76. The number of nitrogens with one attached hydrogen (secondary N) is 2. The Bertz CT molecular complexity index is 839. The lowest BCUT2D eigenvalue weighted by Crippen LogP contribution is -2.52. The maximum Gasteiger partial charge on any atom is 0.241 e. The SMILES string of the molecule is Cc1ccc(N2CCCC(NC(=NCc3ccccc3)NCC(=O)N(C)C)C2)cc1.I. The highest BCUT2D eigenvalue weighted by Crippen LogP contribution is 2.20. The Morgan fingerprint density at radius 2 is 1.84 bits per heavy atom. The van der Waals surface area contributed by atoms with Crippen molar-refractivity contribution < 1.29 is 4.79 Å². The largest absolute Gasteiger partial charge is 0.369 e. The molecule has 1 saturated heterocycles. The number of guanidine groups is 1. The number of carbonyl (C=O) groups excluding carboxylic acids is 1. The van der Waals surface area contributed by atoms with Crippen molar-refractivity contribution >= 4 is 41.5 Å². The number of hydrogen-bond donors (Lipinski definition) is 2. The minimum absolute atomic E-state index is 0. The highest BCUT2D eigenvalue weighted by Gasteiger charge is 2.21. The van der Waals surface area contributed by atoms with Crippen molar-refractivity contribution in [1.29, 1.82) is 0 Å². The summed E-state index contributed by atoms with van der Waals surface area (Å²) in [5.41, 5.74) is 3.67. The van der Waals surface area contributed by atoms with Crippen LogP contribution in [0.2, 0.25) is 0 Å². The second-order valence-corrected chi connectivity index (χ2v) is 8.06. The Labute approximate surface area is 203 Å². The topological polar surface area (TPSA) is 60.0 Å². The van der Waals surface area contributed by atoms with Crippen LogP contribution in [0.1, 0.15) is 24.0 Å². The number of carbonyl (C=O) groups is 1. The molecule has 3 rings (SSSR count). The predicted octanol–water partition coefficient (Wildman–Crippen LogP) is 3.41. The molecule has 1 unspecified atom stereocenters. The van der Waals surface area contributed by atoms with Gasteiger partial charge in [-0.2, -0.15) is 0 Å². The number of benzene rings is 2. The summed E-state index contributed by atoms with van der Waals surface area (Å²) >= 11 is 0.